The van der Waals surface area contributed by atoms with Crippen LogP contribution in [0.15, 0.2) is 90.0 Å². The van der Waals surface area contributed by atoms with E-state index >= 15 is 0 Å². The third-order valence-electron chi connectivity index (χ3n) is 4.54. The summed E-state index contributed by atoms with van der Waals surface area (Å²) < 4.78 is 5.30. The molecule has 0 fully saturated rings. The average Bonchev–Trinajstić information content (AvgIpc) is 2.79. The number of hydrogen-bond acceptors (Lipinski definition) is 4. The summed E-state index contributed by atoms with van der Waals surface area (Å²) >= 11 is 0. The number of fused-ring (bicyclic) bond motifs is 1. The lowest BCUT2D eigenvalue weighted by atomic mass is 10.0. The highest BCUT2D eigenvalue weighted by molar-refractivity contribution is 6.07. The molecule has 0 saturated carbocycles. The second-order valence-electron chi connectivity index (χ2n) is 6.38. The lowest BCUT2D eigenvalue weighted by molar-refractivity contribution is 0.0956. The third-order valence-corrected chi connectivity index (χ3v) is 4.54. The van der Waals surface area contributed by atoms with Gasteiger partial charge in [-0.15, -0.1) is 0 Å². The van der Waals surface area contributed by atoms with E-state index in [4.69, 9.17) is 9.72 Å². The molecule has 5 heteroatoms. The van der Waals surface area contributed by atoms with Gasteiger partial charge in [-0.2, -0.15) is 5.10 Å². The molecule has 29 heavy (non-hydrogen) atoms. The van der Waals surface area contributed by atoms with E-state index in [1.807, 2.05) is 78.9 Å². The molecule has 0 aliphatic heterocycles. The van der Waals surface area contributed by atoms with Crippen molar-refractivity contribution < 1.29 is 9.53 Å². The zero-order chi connectivity index (χ0) is 20.1. The van der Waals surface area contributed by atoms with Crippen molar-refractivity contribution in [3.05, 3.63) is 96.1 Å². The Labute approximate surface area is 168 Å². The van der Waals surface area contributed by atoms with Gasteiger partial charge >= 0.3 is 0 Å². The standard InChI is InChI=1S/C24H19N3O2/c1-29-23-14-8-5-11-18(23)16-25-27-24(28)20-15-22(17-9-3-2-4-10-17)26-21-13-7-6-12-19(20)21/h2-16H,1H3,(H,27,28). The van der Waals surface area contributed by atoms with E-state index in [0.29, 0.717) is 11.3 Å². The van der Waals surface area contributed by atoms with Crippen LogP contribution in [0.3, 0.4) is 0 Å². The normalized spacial score (nSPS) is 10.9. The molecule has 0 atom stereocenters. The first-order valence-corrected chi connectivity index (χ1v) is 9.18. The van der Waals surface area contributed by atoms with Gasteiger partial charge in [0.15, 0.2) is 0 Å². The number of hydrazone groups is 1. The van der Waals surface area contributed by atoms with E-state index in [2.05, 4.69) is 10.5 Å². The van der Waals surface area contributed by atoms with Crippen LogP contribution in [-0.4, -0.2) is 24.2 Å². The Morgan fingerprint density at radius 3 is 2.52 bits per heavy atom. The van der Waals surface area contributed by atoms with Crippen LogP contribution in [0.5, 0.6) is 5.75 Å². The molecule has 0 spiro atoms. The maximum atomic E-state index is 12.9. The summed E-state index contributed by atoms with van der Waals surface area (Å²) in [6, 6.07) is 26.6. The molecule has 0 saturated heterocycles. The van der Waals surface area contributed by atoms with Crippen LogP contribution in [0.2, 0.25) is 0 Å². The number of nitrogens with one attached hydrogen (secondary N) is 1. The minimum Gasteiger partial charge on any atom is -0.496 e. The fourth-order valence-electron chi connectivity index (χ4n) is 3.11. The zero-order valence-electron chi connectivity index (χ0n) is 15.9. The molecule has 5 nitrogen and oxygen atoms in total. The second kappa shape index (κ2) is 8.35. The molecule has 3 aromatic carbocycles. The summed E-state index contributed by atoms with van der Waals surface area (Å²) in [5.41, 5.74) is 6.36. The largest absolute Gasteiger partial charge is 0.496 e. The number of para-hydroxylation sites is 2. The Kier molecular flexibility index (Phi) is 5.29. The molecular weight excluding hydrogens is 362 g/mol. The maximum Gasteiger partial charge on any atom is 0.272 e. The Morgan fingerprint density at radius 2 is 1.69 bits per heavy atom. The van der Waals surface area contributed by atoms with Crippen LogP contribution in [-0.2, 0) is 0 Å². The van der Waals surface area contributed by atoms with Gasteiger partial charge in [0, 0.05) is 16.5 Å². The third kappa shape index (κ3) is 3.99. The molecule has 0 unspecified atom stereocenters. The van der Waals surface area contributed by atoms with Crippen molar-refractivity contribution in [2.75, 3.05) is 7.11 Å². The number of ether oxygens (including phenoxy) is 1. The van der Waals surface area contributed by atoms with Gasteiger partial charge in [-0.3, -0.25) is 4.79 Å². The molecule has 142 valence electrons. The van der Waals surface area contributed by atoms with Crippen molar-refractivity contribution in [1.82, 2.24) is 10.4 Å². The van der Waals surface area contributed by atoms with Crippen LogP contribution < -0.4 is 10.2 Å². The van der Waals surface area contributed by atoms with Gasteiger partial charge in [0.25, 0.3) is 5.91 Å². The lowest BCUT2D eigenvalue weighted by Crippen LogP contribution is -2.18. The Bertz CT molecular complexity index is 1190. The smallest absolute Gasteiger partial charge is 0.272 e. The SMILES string of the molecule is COc1ccccc1C=NNC(=O)c1cc(-c2ccccc2)nc2ccccc12. The minimum atomic E-state index is -0.299. The Hall–Kier alpha value is -3.99. The molecule has 1 heterocycles. The molecule has 1 amide bonds. The van der Waals surface area contributed by atoms with E-state index in [1.54, 1.807) is 19.4 Å². The fourth-order valence-corrected chi connectivity index (χ4v) is 3.11. The first kappa shape index (κ1) is 18.4. The van der Waals surface area contributed by atoms with Crippen LogP contribution in [0, 0.1) is 0 Å². The first-order valence-electron chi connectivity index (χ1n) is 9.18. The van der Waals surface area contributed by atoms with Crippen LogP contribution in [0.25, 0.3) is 22.2 Å². The predicted molar refractivity (Wildman–Crippen MR) is 115 cm³/mol. The van der Waals surface area contributed by atoms with Gasteiger partial charge in [0.05, 0.1) is 30.1 Å². The number of carbonyl (C=O) groups excluding carboxylic acids is 1. The summed E-state index contributed by atoms with van der Waals surface area (Å²) in [5.74, 6) is 0.387. The molecule has 0 bridgehead atoms. The average molecular weight is 381 g/mol. The van der Waals surface area contributed by atoms with Crippen molar-refractivity contribution in [3.63, 3.8) is 0 Å². The first-order chi connectivity index (χ1) is 14.3. The minimum absolute atomic E-state index is 0.299. The summed E-state index contributed by atoms with van der Waals surface area (Å²) in [5, 5.41) is 4.89. The van der Waals surface area contributed by atoms with Gasteiger partial charge in [0.2, 0.25) is 0 Å². The number of benzene rings is 3. The molecule has 0 radical (unpaired) electrons. The number of nitrogens with zero attached hydrogens (tertiary/aromatic N) is 2. The highest BCUT2D eigenvalue weighted by Gasteiger charge is 2.13. The van der Waals surface area contributed by atoms with Gasteiger partial charge in [-0.25, -0.2) is 10.4 Å². The second-order valence-corrected chi connectivity index (χ2v) is 6.38. The zero-order valence-corrected chi connectivity index (χ0v) is 15.9. The number of amides is 1. The van der Waals surface area contributed by atoms with Crippen LogP contribution in [0.1, 0.15) is 15.9 Å². The molecule has 4 rings (SSSR count). The summed E-state index contributed by atoms with van der Waals surface area (Å²) in [7, 11) is 1.60. The van der Waals surface area contributed by atoms with Crippen LogP contribution >= 0.6 is 0 Å². The number of carbonyl (C=O) groups is 1. The molecule has 0 aliphatic carbocycles. The monoisotopic (exact) mass is 381 g/mol. The molecule has 1 aromatic heterocycles. The highest BCUT2D eigenvalue weighted by Crippen LogP contribution is 2.24. The van der Waals surface area contributed by atoms with Crippen molar-refractivity contribution in [2.45, 2.75) is 0 Å². The molecule has 1 N–H and O–H groups in total. The van der Waals surface area contributed by atoms with Gasteiger partial charge in [0.1, 0.15) is 5.75 Å². The maximum absolute atomic E-state index is 12.9. The number of methoxy groups -OCH3 is 1. The van der Waals surface area contributed by atoms with E-state index in [-0.39, 0.29) is 5.91 Å². The number of pyridine rings is 1. The van der Waals surface area contributed by atoms with E-state index in [1.165, 1.54) is 0 Å². The fraction of sp³-hybridized carbons (Fsp3) is 0.0417. The van der Waals surface area contributed by atoms with E-state index in [0.717, 1.165) is 27.7 Å². The predicted octanol–water partition coefficient (Wildman–Crippen LogP) is 4.67. The molecule has 4 aromatic rings. The van der Waals surface area contributed by atoms with E-state index in [9.17, 15) is 4.79 Å². The molecule has 0 aliphatic rings. The highest BCUT2D eigenvalue weighted by atomic mass is 16.5. The van der Waals surface area contributed by atoms with Crippen molar-refractivity contribution in [1.29, 1.82) is 0 Å². The summed E-state index contributed by atoms with van der Waals surface area (Å²) in [6.07, 6.45) is 1.57. The number of aromatic nitrogens is 1. The van der Waals surface area contributed by atoms with Crippen LogP contribution in [0.4, 0.5) is 0 Å². The van der Waals surface area contributed by atoms with E-state index < -0.39 is 0 Å². The quantitative estimate of drug-likeness (QED) is 0.403. The number of rotatable bonds is 5. The number of hydrogen-bond donors (Lipinski definition) is 1. The van der Waals surface area contributed by atoms with Crippen molar-refractivity contribution in [3.8, 4) is 17.0 Å². The molecular formula is C24H19N3O2. The Morgan fingerprint density at radius 1 is 0.966 bits per heavy atom. The van der Waals surface area contributed by atoms with Gasteiger partial charge in [-0.1, -0.05) is 60.7 Å². The Balaban J connectivity index is 1.67. The lowest BCUT2D eigenvalue weighted by Gasteiger charge is -2.09. The summed E-state index contributed by atoms with van der Waals surface area (Å²) in [4.78, 5) is 17.6. The topological polar surface area (TPSA) is 63.6 Å². The van der Waals surface area contributed by atoms with Gasteiger partial charge < -0.3 is 4.74 Å². The van der Waals surface area contributed by atoms with Crippen molar-refractivity contribution in [2.24, 2.45) is 5.10 Å². The van der Waals surface area contributed by atoms with Gasteiger partial charge in [-0.05, 0) is 24.3 Å². The van der Waals surface area contributed by atoms with Crippen molar-refractivity contribution >= 4 is 23.0 Å². The summed E-state index contributed by atoms with van der Waals surface area (Å²) in [6.45, 7) is 0.